The number of benzene rings is 1. The first-order valence-corrected chi connectivity index (χ1v) is 16.4. The van der Waals surface area contributed by atoms with Gasteiger partial charge in [-0.05, 0) is 99.6 Å². The van der Waals surface area contributed by atoms with E-state index in [0.29, 0.717) is 42.6 Å². The molecular weight excluding hydrogens is 584 g/mol. The minimum atomic E-state index is -1.56. The lowest BCUT2D eigenvalue weighted by Gasteiger charge is -2.60. The zero-order valence-corrected chi connectivity index (χ0v) is 28.2. The van der Waals surface area contributed by atoms with Gasteiger partial charge in [-0.25, -0.2) is 4.79 Å². The van der Waals surface area contributed by atoms with Gasteiger partial charge in [0, 0.05) is 29.4 Å². The van der Waals surface area contributed by atoms with E-state index in [0.717, 1.165) is 12.0 Å². The van der Waals surface area contributed by atoms with Crippen LogP contribution in [-0.4, -0.2) is 50.2 Å². The molecule has 1 aromatic rings. The van der Waals surface area contributed by atoms with Gasteiger partial charge in [-0.15, -0.1) is 0 Å². The summed E-state index contributed by atoms with van der Waals surface area (Å²) >= 11 is 0. The molecule has 1 aromatic carbocycles. The molecule has 7 rings (SSSR count). The summed E-state index contributed by atoms with van der Waals surface area (Å²) in [5.41, 5.74) is -0.829. The van der Waals surface area contributed by atoms with Crippen molar-refractivity contribution in [2.45, 2.75) is 116 Å². The topological polar surface area (TPSA) is 119 Å². The zero-order valence-electron chi connectivity index (χ0n) is 28.2. The summed E-state index contributed by atoms with van der Waals surface area (Å²) in [5, 5.41) is 21.5. The molecule has 8 heteroatoms. The Balaban J connectivity index is 1.57. The van der Waals surface area contributed by atoms with Crippen LogP contribution in [0, 0.1) is 17.8 Å². The number of aliphatic carboxylic acids is 1. The Kier molecular flexibility index (Phi) is 7.51. The average molecular weight is 631 g/mol. The third kappa shape index (κ3) is 4.54. The lowest BCUT2D eigenvalue weighted by molar-refractivity contribution is -0.199. The van der Waals surface area contributed by atoms with E-state index in [4.69, 9.17) is 14.2 Å². The molecule has 6 atom stereocenters. The lowest BCUT2D eigenvalue weighted by Crippen LogP contribution is -2.76. The molecule has 3 aliphatic carbocycles. The molecule has 1 saturated heterocycles. The number of carboxylic acids is 1. The number of phenols is 1. The summed E-state index contributed by atoms with van der Waals surface area (Å²) in [4.78, 5) is 40.9. The Morgan fingerprint density at radius 3 is 2.33 bits per heavy atom. The fourth-order valence-corrected chi connectivity index (χ4v) is 8.74. The molecule has 2 N–H and O–H groups in total. The zero-order chi connectivity index (χ0) is 33.6. The second kappa shape index (κ2) is 10.7. The molecule has 4 fully saturated rings. The third-order valence-corrected chi connectivity index (χ3v) is 11.0. The van der Waals surface area contributed by atoms with Crippen LogP contribution in [-0.2, 0) is 20.7 Å². The number of phenolic OH excluding ortho intramolecular Hbond substituents is 1. The van der Waals surface area contributed by atoms with Crippen molar-refractivity contribution in [3.8, 4) is 17.2 Å². The van der Waals surface area contributed by atoms with Crippen LogP contribution in [0.15, 0.2) is 41.0 Å². The molecule has 3 heterocycles. The van der Waals surface area contributed by atoms with E-state index >= 15 is 0 Å². The van der Waals surface area contributed by atoms with E-state index in [9.17, 15) is 24.6 Å². The average Bonchev–Trinajstić information content (AvgIpc) is 3.12. The second-order valence-corrected chi connectivity index (χ2v) is 15.2. The molecule has 46 heavy (non-hydrogen) atoms. The Morgan fingerprint density at radius 1 is 0.978 bits per heavy atom. The summed E-state index contributed by atoms with van der Waals surface area (Å²) in [6.07, 6.45) is 12.2. The Bertz CT molecular complexity index is 1670. The van der Waals surface area contributed by atoms with Crippen molar-refractivity contribution in [1.29, 1.82) is 0 Å². The molecule has 0 amide bonds. The van der Waals surface area contributed by atoms with Gasteiger partial charge >= 0.3 is 5.97 Å². The maximum Gasteiger partial charge on any atom is 0.330 e. The number of Topliss-reactive ketones (excluding diaryl/α,β-unsaturated/α-hetero) is 2. The molecule has 0 radical (unpaired) electrons. The van der Waals surface area contributed by atoms with Crippen molar-refractivity contribution >= 4 is 23.6 Å². The summed E-state index contributed by atoms with van der Waals surface area (Å²) in [6, 6.07) is 0. The highest BCUT2D eigenvalue weighted by atomic mass is 16.6. The number of aromatic hydroxyl groups is 1. The Hall–Kier alpha value is -3.65. The fraction of sp³-hybridized carbons (Fsp3) is 0.553. The number of carboxylic acid groups (broad SMARTS) is 1. The van der Waals surface area contributed by atoms with Gasteiger partial charge in [0.15, 0.2) is 22.8 Å². The number of carbonyl (C=O) groups is 3. The molecule has 1 spiro atoms. The minimum absolute atomic E-state index is 0.0264. The van der Waals surface area contributed by atoms with Crippen LogP contribution in [0.1, 0.15) is 109 Å². The number of fused-ring (bicyclic) bond motifs is 2. The molecular formula is C38H46O8. The van der Waals surface area contributed by atoms with Gasteiger partial charge in [-0.3, -0.25) is 9.59 Å². The number of hydrogen-bond acceptors (Lipinski definition) is 7. The summed E-state index contributed by atoms with van der Waals surface area (Å²) in [5.74, 6) is -2.46. The number of rotatable bonds is 8. The SMILES string of the molecule is CC(C)=CCC[C@]1(C)C=Cc2c(O)c3c(c(CC=C(C)C)c2O1)O[C@]12C(C[C@H]4CC1C(C)(C)O[C@@]2(C/C=C(\C)C(=O)O)C4=O)C3=O. The van der Waals surface area contributed by atoms with Crippen LogP contribution in [0.4, 0.5) is 0 Å². The molecule has 246 valence electrons. The summed E-state index contributed by atoms with van der Waals surface area (Å²) in [7, 11) is 0. The largest absolute Gasteiger partial charge is 0.506 e. The van der Waals surface area contributed by atoms with Crippen molar-refractivity contribution in [3.05, 3.63) is 57.7 Å². The molecule has 6 aliphatic rings. The predicted molar refractivity (Wildman–Crippen MR) is 174 cm³/mol. The van der Waals surface area contributed by atoms with Crippen LogP contribution in [0.25, 0.3) is 6.08 Å². The van der Waals surface area contributed by atoms with E-state index in [-0.39, 0.29) is 46.5 Å². The van der Waals surface area contributed by atoms with Crippen molar-refractivity contribution in [2.24, 2.45) is 17.8 Å². The highest BCUT2D eigenvalue weighted by Gasteiger charge is 2.83. The van der Waals surface area contributed by atoms with Crippen LogP contribution < -0.4 is 9.47 Å². The summed E-state index contributed by atoms with van der Waals surface area (Å²) < 4.78 is 20.7. The summed E-state index contributed by atoms with van der Waals surface area (Å²) in [6.45, 7) is 15.5. The van der Waals surface area contributed by atoms with Gasteiger partial charge in [-0.1, -0.05) is 29.4 Å². The van der Waals surface area contributed by atoms with Crippen LogP contribution in [0.5, 0.6) is 17.2 Å². The maximum absolute atomic E-state index is 14.8. The smallest absolute Gasteiger partial charge is 0.330 e. The van der Waals surface area contributed by atoms with Crippen LogP contribution in [0.2, 0.25) is 0 Å². The highest BCUT2D eigenvalue weighted by molar-refractivity contribution is 6.09. The Labute approximate surface area is 271 Å². The van der Waals surface area contributed by atoms with Gasteiger partial charge in [-0.2, -0.15) is 0 Å². The molecule has 3 saturated carbocycles. The molecule has 0 aromatic heterocycles. The van der Waals surface area contributed by atoms with Crippen molar-refractivity contribution in [2.75, 3.05) is 0 Å². The standard InChI is InChI=1S/C38H46O8/c1-20(2)10-9-15-36(8)16-14-24-29(39)28-30(40)26-18-23-19-27-35(6,7)46-37(33(23)41,17-13-22(5)34(42)43)38(26,27)45-32(28)25(31(24)44-36)12-11-21(3)4/h10-11,13-14,16,23,26-27,39H,9,12,15,17-19H2,1-8H3,(H,42,43)/b22-13+/t23-,26?,27?,36+,37-,38+/m0/s1. The molecule has 8 nitrogen and oxygen atoms in total. The van der Waals surface area contributed by atoms with E-state index in [1.807, 2.05) is 52.8 Å². The monoisotopic (exact) mass is 630 g/mol. The van der Waals surface area contributed by atoms with Gasteiger partial charge in [0.1, 0.15) is 28.4 Å². The van der Waals surface area contributed by atoms with Crippen molar-refractivity contribution in [1.82, 2.24) is 0 Å². The number of carbonyl (C=O) groups excluding carboxylic acids is 2. The van der Waals surface area contributed by atoms with Crippen LogP contribution >= 0.6 is 0 Å². The second-order valence-electron chi connectivity index (χ2n) is 15.2. The fourth-order valence-electron chi connectivity index (χ4n) is 8.74. The van der Waals surface area contributed by atoms with Gasteiger partial charge in [0.2, 0.25) is 0 Å². The van der Waals surface area contributed by atoms with Gasteiger partial charge < -0.3 is 24.4 Å². The third-order valence-electron chi connectivity index (χ3n) is 11.0. The first kappa shape index (κ1) is 32.3. The minimum Gasteiger partial charge on any atom is -0.506 e. The molecule has 4 bridgehead atoms. The number of ketones is 2. The molecule has 2 unspecified atom stereocenters. The normalized spacial score (nSPS) is 33.0. The maximum atomic E-state index is 14.8. The van der Waals surface area contributed by atoms with Crippen molar-refractivity contribution in [3.63, 3.8) is 0 Å². The highest BCUT2D eigenvalue weighted by Crippen LogP contribution is 2.70. The number of allylic oxidation sites excluding steroid dienone is 4. The van der Waals surface area contributed by atoms with E-state index in [2.05, 4.69) is 19.9 Å². The van der Waals surface area contributed by atoms with E-state index in [1.165, 1.54) is 18.6 Å². The first-order chi connectivity index (χ1) is 21.5. The Morgan fingerprint density at radius 2 is 1.67 bits per heavy atom. The van der Waals surface area contributed by atoms with Gasteiger partial charge in [0.05, 0.1) is 17.1 Å². The van der Waals surface area contributed by atoms with Crippen LogP contribution in [0.3, 0.4) is 0 Å². The number of hydrogen-bond donors (Lipinski definition) is 2. The molecule has 3 aliphatic heterocycles. The van der Waals surface area contributed by atoms with Gasteiger partial charge in [0.25, 0.3) is 0 Å². The number of ether oxygens (including phenoxy) is 3. The van der Waals surface area contributed by atoms with E-state index < -0.39 is 40.2 Å². The predicted octanol–water partition coefficient (Wildman–Crippen LogP) is 7.32. The van der Waals surface area contributed by atoms with Crippen molar-refractivity contribution < 1.29 is 38.8 Å². The first-order valence-electron chi connectivity index (χ1n) is 16.4. The lowest BCUT2D eigenvalue weighted by atomic mass is 9.46. The van der Waals surface area contributed by atoms with E-state index in [1.54, 1.807) is 0 Å². The quantitative estimate of drug-likeness (QED) is 0.227.